The highest BCUT2D eigenvalue weighted by Crippen LogP contribution is 2.31. The van der Waals surface area contributed by atoms with Gasteiger partial charge in [-0.1, -0.05) is 0 Å². The van der Waals surface area contributed by atoms with Crippen molar-refractivity contribution in [3.05, 3.63) is 41.0 Å². The van der Waals surface area contributed by atoms with Gasteiger partial charge in [-0.05, 0) is 56.4 Å². The second kappa shape index (κ2) is 10.5. The molecule has 1 aromatic carbocycles. The molecule has 0 radical (unpaired) electrons. The molecule has 0 saturated heterocycles. The van der Waals surface area contributed by atoms with Gasteiger partial charge in [-0.3, -0.25) is 4.79 Å². The van der Waals surface area contributed by atoms with Gasteiger partial charge in [0.1, 0.15) is 12.1 Å². The van der Waals surface area contributed by atoms with Crippen LogP contribution in [0.1, 0.15) is 40.2 Å². The number of nitrogens with two attached hydrogens (primary N) is 1. The van der Waals surface area contributed by atoms with Crippen LogP contribution in [0.3, 0.4) is 0 Å². The molecule has 2 aromatic rings. The van der Waals surface area contributed by atoms with Gasteiger partial charge in [0.2, 0.25) is 5.78 Å². The largest absolute Gasteiger partial charge is 0.496 e. The quantitative estimate of drug-likeness (QED) is 0.152. The number of sulfonamides is 1. The van der Waals surface area contributed by atoms with Crippen LogP contribution < -0.4 is 21.3 Å². The number of Topliss-reactive ketones (excluding diaryl/α,β-unsaturated/α-hetero) is 1. The summed E-state index contributed by atoms with van der Waals surface area (Å²) in [7, 11) is -0.594. The number of rotatable bonds is 11. The molecule has 4 N–H and O–H groups in total. The molecule has 0 aliphatic heterocycles. The minimum atomic E-state index is -3.88. The number of aryl methyl sites for hydroxylation is 2. The molecular formula is C20H30N6O4S. The first-order valence-electron chi connectivity index (χ1n) is 9.79. The Kier molecular flexibility index (Phi) is 8.31. The van der Waals surface area contributed by atoms with E-state index in [1.807, 2.05) is 0 Å². The summed E-state index contributed by atoms with van der Waals surface area (Å²) in [5.41, 5.74) is 13.3. The zero-order valence-electron chi connectivity index (χ0n) is 18.5. The number of imidazole rings is 1. The van der Waals surface area contributed by atoms with Crippen LogP contribution in [0.15, 0.2) is 27.8 Å². The lowest BCUT2D eigenvalue weighted by molar-refractivity contribution is 0.0943. The number of benzene rings is 1. The maximum atomic E-state index is 12.7. The smallest absolute Gasteiger partial charge is 0.284 e. The number of nitrogens with one attached hydrogen (secondary N) is 2. The molecule has 10 nitrogen and oxygen atoms in total. The summed E-state index contributed by atoms with van der Waals surface area (Å²) >= 11 is 0. The molecule has 1 aromatic heterocycles. The third kappa shape index (κ3) is 5.90. The van der Waals surface area contributed by atoms with Crippen molar-refractivity contribution in [2.24, 2.45) is 17.2 Å². The fourth-order valence-electron chi connectivity index (χ4n) is 3.21. The number of ketones is 1. The molecule has 1 atom stereocenters. The second-order valence-electron chi connectivity index (χ2n) is 7.23. The molecule has 0 saturated carbocycles. The number of carbonyl (C=O) groups is 1. The van der Waals surface area contributed by atoms with Crippen molar-refractivity contribution in [2.75, 3.05) is 13.7 Å². The summed E-state index contributed by atoms with van der Waals surface area (Å²) in [4.78, 5) is 16.4. The molecular weight excluding hydrogens is 420 g/mol. The molecule has 0 aliphatic carbocycles. The Morgan fingerprint density at radius 1 is 1.35 bits per heavy atom. The molecule has 0 spiro atoms. The molecule has 0 bridgehead atoms. The number of hydrazine groups is 1. The van der Waals surface area contributed by atoms with E-state index in [0.29, 0.717) is 42.1 Å². The van der Waals surface area contributed by atoms with Gasteiger partial charge < -0.3 is 20.5 Å². The van der Waals surface area contributed by atoms with E-state index < -0.39 is 16.1 Å². The molecule has 1 heterocycles. The first kappa shape index (κ1) is 24.5. The van der Waals surface area contributed by atoms with E-state index in [2.05, 4.69) is 20.2 Å². The summed E-state index contributed by atoms with van der Waals surface area (Å²) in [5, 5.41) is 0. The standard InChI is InChI=1S/C20H30N6O4S/c1-13-11-17(30-5)14(2)15(3)19(13)31(28,29)25-12-24-23-8-6-7-16(21)18(27)20-22-9-10-26(20)4/h9-12,16,23H,6-8,21H2,1-5H3,(H,24,25)/t16-/m0/s1. The molecule has 31 heavy (non-hydrogen) atoms. The van der Waals surface area contributed by atoms with Gasteiger partial charge >= 0.3 is 0 Å². The number of nitrogens with zero attached hydrogens (tertiary/aromatic N) is 3. The Bertz CT molecular complexity index is 1060. The average Bonchev–Trinajstić information content (AvgIpc) is 3.14. The molecule has 2 rings (SSSR count). The number of methoxy groups -OCH3 is 1. The predicted octanol–water partition coefficient (Wildman–Crippen LogP) is 1.16. The minimum absolute atomic E-state index is 0.169. The average molecular weight is 451 g/mol. The second-order valence-corrected chi connectivity index (χ2v) is 8.80. The fraction of sp³-hybridized carbons (Fsp3) is 0.450. The topological polar surface area (TPSA) is 141 Å². The zero-order chi connectivity index (χ0) is 23.2. The summed E-state index contributed by atoms with van der Waals surface area (Å²) < 4.78 is 35.9. The lowest BCUT2D eigenvalue weighted by Crippen LogP contribution is -2.35. The zero-order valence-corrected chi connectivity index (χ0v) is 19.3. The van der Waals surface area contributed by atoms with E-state index in [-0.39, 0.29) is 10.7 Å². The van der Waals surface area contributed by atoms with E-state index in [1.54, 1.807) is 58.0 Å². The van der Waals surface area contributed by atoms with E-state index in [1.165, 1.54) is 0 Å². The summed E-state index contributed by atoms with van der Waals surface area (Å²) in [6, 6.07) is 1.03. The van der Waals surface area contributed by atoms with Crippen LogP contribution in [-0.2, 0) is 17.1 Å². The van der Waals surface area contributed by atoms with Gasteiger partial charge in [0.05, 0.1) is 18.0 Å². The number of carbonyl (C=O) groups excluding carboxylic acids is 1. The van der Waals surface area contributed by atoms with Crippen molar-refractivity contribution in [2.45, 2.75) is 44.6 Å². The predicted molar refractivity (Wildman–Crippen MR) is 119 cm³/mol. The molecule has 0 aliphatic rings. The number of hydrogen-bond acceptors (Lipinski definition) is 7. The monoisotopic (exact) mass is 450 g/mol. The molecule has 0 amide bonds. The number of aromatic nitrogens is 2. The Morgan fingerprint density at radius 2 is 2.06 bits per heavy atom. The van der Waals surface area contributed by atoms with Gasteiger partial charge in [0, 0.05) is 26.0 Å². The van der Waals surface area contributed by atoms with Crippen molar-refractivity contribution in [1.29, 1.82) is 0 Å². The summed E-state index contributed by atoms with van der Waals surface area (Å²) in [5.74, 6) is 0.751. The van der Waals surface area contributed by atoms with E-state index in [0.717, 1.165) is 11.9 Å². The van der Waals surface area contributed by atoms with Crippen molar-refractivity contribution in [1.82, 2.24) is 20.4 Å². The highest BCUT2D eigenvalue weighted by atomic mass is 32.2. The molecule has 11 heteroatoms. The first-order valence-corrected chi connectivity index (χ1v) is 11.2. The van der Waals surface area contributed by atoms with E-state index in [4.69, 9.17) is 10.5 Å². The van der Waals surface area contributed by atoms with Gasteiger partial charge in [0.25, 0.3) is 10.0 Å². The number of hydrogen-bond donors (Lipinski definition) is 3. The van der Waals surface area contributed by atoms with Crippen LogP contribution in [0.4, 0.5) is 0 Å². The van der Waals surface area contributed by atoms with Crippen LogP contribution >= 0.6 is 0 Å². The van der Waals surface area contributed by atoms with Gasteiger partial charge in [0.15, 0.2) is 5.82 Å². The van der Waals surface area contributed by atoms with Gasteiger partial charge in [-0.15, -0.1) is 4.40 Å². The summed E-state index contributed by atoms with van der Waals surface area (Å²) in [6.45, 7) is 5.71. The van der Waals surface area contributed by atoms with E-state index >= 15 is 0 Å². The fourth-order valence-corrected chi connectivity index (χ4v) is 4.51. The van der Waals surface area contributed by atoms with Crippen molar-refractivity contribution >= 4 is 22.1 Å². The Hall–Kier alpha value is -2.76. The van der Waals surface area contributed by atoms with Crippen molar-refractivity contribution in [3.63, 3.8) is 0 Å². The number of ether oxygens (including phenoxy) is 1. The maximum Gasteiger partial charge on any atom is 0.284 e. The summed E-state index contributed by atoms with van der Waals surface area (Å²) in [6.07, 6.45) is 5.39. The third-order valence-electron chi connectivity index (χ3n) is 5.01. The highest BCUT2D eigenvalue weighted by molar-refractivity contribution is 7.90. The van der Waals surface area contributed by atoms with Crippen LogP contribution in [0.25, 0.3) is 0 Å². The van der Waals surface area contributed by atoms with Crippen LogP contribution in [0, 0.1) is 20.8 Å². The highest BCUT2D eigenvalue weighted by Gasteiger charge is 2.22. The molecule has 170 valence electrons. The maximum absolute atomic E-state index is 12.7. The Balaban J connectivity index is 1.85. The minimum Gasteiger partial charge on any atom is -0.496 e. The lowest BCUT2D eigenvalue weighted by Gasteiger charge is -2.14. The van der Waals surface area contributed by atoms with Crippen LogP contribution in [0.2, 0.25) is 0 Å². The van der Waals surface area contributed by atoms with Gasteiger partial charge in [-0.2, -0.15) is 8.42 Å². The molecule has 0 unspecified atom stereocenters. The lowest BCUT2D eigenvalue weighted by atomic mass is 10.1. The van der Waals surface area contributed by atoms with Crippen molar-refractivity contribution in [3.8, 4) is 5.75 Å². The molecule has 0 fully saturated rings. The van der Waals surface area contributed by atoms with Crippen LogP contribution in [-0.4, -0.2) is 49.8 Å². The van der Waals surface area contributed by atoms with E-state index in [9.17, 15) is 13.2 Å². The Morgan fingerprint density at radius 3 is 2.68 bits per heavy atom. The first-order chi connectivity index (χ1) is 14.6. The normalized spacial score (nSPS) is 12.8. The van der Waals surface area contributed by atoms with Crippen molar-refractivity contribution < 1.29 is 17.9 Å². The Labute approximate surface area is 182 Å². The van der Waals surface area contributed by atoms with Gasteiger partial charge in [-0.25, -0.2) is 10.4 Å². The SMILES string of the molecule is COc1cc(C)c(S(=O)(=O)N=CNNCCC[C@H](N)C(=O)c2nccn2C)c(C)c1C. The van der Waals surface area contributed by atoms with Crippen LogP contribution in [0.5, 0.6) is 5.75 Å². The third-order valence-corrected chi connectivity index (χ3v) is 6.54.